The van der Waals surface area contributed by atoms with Gasteiger partial charge in [0.15, 0.2) is 0 Å². The summed E-state index contributed by atoms with van der Waals surface area (Å²) in [4.78, 5) is 0. The van der Waals surface area contributed by atoms with Gasteiger partial charge in [0.05, 0.1) is 12.2 Å². The van der Waals surface area contributed by atoms with Crippen LogP contribution < -0.4 is 0 Å². The third kappa shape index (κ3) is 4.23. The third-order valence-corrected chi connectivity index (χ3v) is 11.1. The summed E-state index contributed by atoms with van der Waals surface area (Å²) in [6, 6.07) is 0. The number of aliphatic hydroxyl groups is 3. The normalized spacial score (nSPS) is 42.3. The maximum Gasteiger partial charge on any atom is 0.426 e. The Kier molecular flexibility index (Phi) is 7.17. The standard InChI is InChI=1S/C27H40F6O3/c1-15(5-4-11-25(36,26(28,29)30)27(31,32)33)19-8-9-20-18-7-6-16-13-17(34)14-22(35)24(16,3)21(18)10-12-23(19,20)2/h6,15,17-22,34-36H,4-5,7-14H2,1-3H3/t15-,17-,18+,19-,20+,21+,22?,23-,24+/m1/s1. The lowest BCUT2D eigenvalue weighted by molar-refractivity contribution is -0.370. The van der Waals surface area contributed by atoms with Crippen molar-refractivity contribution >= 4 is 0 Å². The molecule has 36 heavy (non-hydrogen) atoms. The van der Waals surface area contributed by atoms with Crippen molar-refractivity contribution in [1.82, 2.24) is 0 Å². The molecule has 0 aromatic heterocycles. The van der Waals surface area contributed by atoms with Crippen LogP contribution in [0, 0.1) is 40.4 Å². The quantitative estimate of drug-likeness (QED) is 0.281. The van der Waals surface area contributed by atoms with Gasteiger partial charge in [-0.1, -0.05) is 38.8 Å². The first-order valence-corrected chi connectivity index (χ1v) is 13.4. The molecule has 0 aliphatic heterocycles. The van der Waals surface area contributed by atoms with Gasteiger partial charge in [0.2, 0.25) is 0 Å². The van der Waals surface area contributed by atoms with E-state index in [-0.39, 0.29) is 35.5 Å². The first kappa shape index (κ1) is 28.2. The van der Waals surface area contributed by atoms with E-state index >= 15 is 0 Å². The van der Waals surface area contributed by atoms with Crippen LogP contribution in [0.3, 0.4) is 0 Å². The van der Waals surface area contributed by atoms with Crippen molar-refractivity contribution in [3.05, 3.63) is 11.6 Å². The Morgan fingerprint density at radius 3 is 2.25 bits per heavy atom. The van der Waals surface area contributed by atoms with Gasteiger partial charge in [0.25, 0.3) is 5.60 Å². The van der Waals surface area contributed by atoms with Gasteiger partial charge in [0, 0.05) is 11.8 Å². The highest BCUT2D eigenvalue weighted by atomic mass is 19.4. The Hall–Kier alpha value is -0.800. The van der Waals surface area contributed by atoms with Crippen LogP contribution in [-0.4, -0.2) is 45.5 Å². The number of aliphatic hydroxyl groups excluding tert-OH is 2. The van der Waals surface area contributed by atoms with E-state index in [2.05, 4.69) is 19.9 Å². The zero-order chi connectivity index (χ0) is 26.9. The largest absolute Gasteiger partial charge is 0.426 e. The fourth-order valence-corrected chi connectivity index (χ4v) is 9.00. The molecular weight excluding hydrogens is 486 g/mol. The molecule has 0 aromatic carbocycles. The molecular formula is C27H40F6O3. The molecule has 4 rings (SSSR count). The third-order valence-electron chi connectivity index (χ3n) is 11.1. The Labute approximate surface area is 209 Å². The lowest BCUT2D eigenvalue weighted by Gasteiger charge is -2.59. The highest BCUT2D eigenvalue weighted by Crippen LogP contribution is 2.67. The van der Waals surface area contributed by atoms with Crippen molar-refractivity contribution in [2.75, 3.05) is 0 Å². The Balaban J connectivity index is 1.46. The molecule has 0 amide bonds. The van der Waals surface area contributed by atoms with E-state index < -0.39 is 36.6 Å². The van der Waals surface area contributed by atoms with E-state index in [4.69, 9.17) is 0 Å². The van der Waals surface area contributed by atoms with Gasteiger partial charge >= 0.3 is 12.4 Å². The van der Waals surface area contributed by atoms with E-state index in [0.29, 0.717) is 30.6 Å². The Bertz CT molecular complexity index is 839. The molecule has 9 heteroatoms. The van der Waals surface area contributed by atoms with Gasteiger partial charge in [-0.3, -0.25) is 0 Å². The lowest BCUT2D eigenvalue weighted by atomic mass is 9.46. The molecule has 0 saturated heterocycles. The van der Waals surface area contributed by atoms with Crippen LogP contribution in [-0.2, 0) is 0 Å². The van der Waals surface area contributed by atoms with E-state index in [1.54, 1.807) is 0 Å². The molecule has 0 bridgehead atoms. The summed E-state index contributed by atoms with van der Waals surface area (Å²) >= 11 is 0. The van der Waals surface area contributed by atoms with Crippen LogP contribution in [0.4, 0.5) is 26.3 Å². The van der Waals surface area contributed by atoms with Crippen molar-refractivity contribution in [3.8, 4) is 0 Å². The molecule has 1 unspecified atom stereocenters. The summed E-state index contributed by atoms with van der Waals surface area (Å²) in [6.07, 6.45) is -6.39. The topological polar surface area (TPSA) is 60.7 Å². The second-order valence-corrected chi connectivity index (χ2v) is 12.7. The molecule has 3 saturated carbocycles. The van der Waals surface area contributed by atoms with Crippen LogP contribution in [0.25, 0.3) is 0 Å². The molecule has 0 radical (unpaired) electrons. The summed E-state index contributed by atoms with van der Waals surface area (Å²) in [5, 5.41) is 30.7. The minimum Gasteiger partial charge on any atom is -0.393 e. The molecule has 3 N–H and O–H groups in total. The van der Waals surface area contributed by atoms with Crippen molar-refractivity contribution in [2.24, 2.45) is 40.4 Å². The van der Waals surface area contributed by atoms with Gasteiger partial charge in [-0.25, -0.2) is 0 Å². The van der Waals surface area contributed by atoms with Gasteiger partial charge in [0.1, 0.15) is 0 Å². The molecule has 4 aliphatic carbocycles. The van der Waals surface area contributed by atoms with E-state index in [1.807, 2.05) is 6.92 Å². The number of rotatable bonds is 5. The summed E-state index contributed by atoms with van der Waals surface area (Å²) in [5.41, 5.74) is -3.92. The average Bonchev–Trinajstić information content (AvgIpc) is 3.10. The minimum absolute atomic E-state index is 0.0498. The predicted molar refractivity (Wildman–Crippen MR) is 123 cm³/mol. The van der Waals surface area contributed by atoms with Crippen LogP contribution in [0.1, 0.15) is 85.0 Å². The second-order valence-electron chi connectivity index (χ2n) is 12.7. The average molecular weight is 527 g/mol. The predicted octanol–water partition coefficient (Wildman–Crippen LogP) is 6.56. The highest BCUT2D eigenvalue weighted by Gasteiger charge is 2.69. The molecule has 0 aromatic rings. The number of allylic oxidation sites excluding steroid dienone is 1. The first-order valence-electron chi connectivity index (χ1n) is 13.4. The van der Waals surface area contributed by atoms with Crippen molar-refractivity contribution < 1.29 is 41.7 Å². The summed E-state index contributed by atoms with van der Waals surface area (Å²) in [5.74, 6) is 1.22. The van der Waals surface area contributed by atoms with Crippen LogP contribution >= 0.6 is 0 Å². The second kappa shape index (κ2) is 9.15. The molecule has 9 atom stereocenters. The molecule has 4 aliphatic rings. The first-order chi connectivity index (χ1) is 16.5. The molecule has 0 heterocycles. The fourth-order valence-electron chi connectivity index (χ4n) is 9.00. The summed E-state index contributed by atoms with van der Waals surface area (Å²) in [6.45, 7) is 6.30. The minimum atomic E-state index is -5.76. The van der Waals surface area contributed by atoms with Gasteiger partial charge in [-0.15, -0.1) is 0 Å². The molecule has 0 spiro atoms. The van der Waals surface area contributed by atoms with E-state index in [0.717, 1.165) is 37.7 Å². The smallest absolute Gasteiger partial charge is 0.393 e. The van der Waals surface area contributed by atoms with E-state index in [1.165, 1.54) is 0 Å². The molecule has 3 fully saturated rings. The van der Waals surface area contributed by atoms with Crippen molar-refractivity contribution in [3.63, 3.8) is 0 Å². The van der Waals surface area contributed by atoms with Crippen LogP contribution in [0.15, 0.2) is 11.6 Å². The maximum absolute atomic E-state index is 13.1. The lowest BCUT2D eigenvalue weighted by Crippen LogP contribution is -2.56. The molecule has 3 nitrogen and oxygen atoms in total. The SMILES string of the molecule is C[C@H](CCCC(O)(C(F)(F)F)C(F)(F)F)[C@H]1CC[C@H]2[C@@H]3CC=C4C[C@@H](O)CC(O)[C@]4(C)[C@H]3CC[C@]12C. The Morgan fingerprint density at radius 2 is 1.64 bits per heavy atom. The van der Waals surface area contributed by atoms with Crippen molar-refractivity contribution in [2.45, 2.75) is 115 Å². The van der Waals surface area contributed by atoms with Gasteiger partial charge < -0.3 is 15.3 Å². The number of alkyl halides is 6. The van der Waals surface area contributed by atoms with Crippen LogP contribution in [0.2, 0.25) is 0 Å². The van der Waals surface area contributed by atoms with Gasteiger partial charge in [-0.05, 0) is 86.4 Å². The Morgan fingerprint density at radius 1 is 1.00 bits per heavy atom. The maximum atomic E-state index is 13.1. The fraction of sp³-hybridized carbons (Fsp3) is 0.926. The monoisotopic (exact) mass is 526 g/mol. The highest BCUT2D eigenvalue weighted by molar-refractivity contribution is 5.27. The van der Waals surface area contributed by atoms with Gasteiger partial charge in [-0.2, -0.15) is 26.3 Å². The summed E-state index contributed by atoms with van der Waals surface area (Å²) < 4.78 is 78.3. The number of halogens is 6. The molecule has 208 valence electrons. The summed E-state index contributed by atoms with van der Waals surface area (Å²) in [7, 11) is 0. The van der Waals surface area contributed by atoms with E-state index in [9.17, 15) is 41.7 Å². The zero-order valence-electron chi connectivity index (χ0n) is 21.3. The number of hydrogen-bond donors (Lipinski definition) is 3. The zero-order valence-corrected chi connectivity index (χ0v) is 21.3. The van der Waals surface area contributed by atoms with Crippen molar-refractivity contribution in [1.29, 1.82) is 0 Å². The van der Waals surface area contributed by atoms with Crippen LogP contribution in [0.5, 0.6) is 0 Å². The number of hydrogen-bond acceptors (Lipinski definition) is 3. The number of fused-ring (bicyclic) bond motifs is 5.